The number of hydrogen-bond donors (Lipinski definition) is 0. The Morgan fingerprint density at radius 2 is 1.76 bits per heavy atom. The zero-order valence-corrected chi connectivity index (χ0v) is 11.0. The van der Waals surface area contributed by atoms with Crippen LogP contribution in [0, 0.1) is 0 Å². The van der Waals surface area contributed by atoms with Gasteiger partial charge in [-0.2, -0.15) is 0 Å². The normalized spacial score (nSPS) is 15.1. The van der Waals surface area contributed by atoms with Crippen molar-refractivity contribution in [3.63, 3.8) is 0 Å². The van der Waals surface area contributed by atoms with E-state index in [0.717, 1.165) is 5.57 Å². The molecule has 0 unspecified atom stereocenters. The summed E-state index contributed by atoms with van der Waals surface area (Å²) in [5.41, 5.74) is 1.00. The van der Waals surface area contributed by atoms with Crippen LogP contribution in [-0.4, -0.2) is 42.8 Å². The standard InChI is InChI=1S/C12H19NO4/c1-8(10(14)16-5)9-6-13(7-9)11(15)17-12(2,3)4/h6-7H2,1-5H3. The molecule has 0 spiro atoms. The SMILES string of the molecule is COC(=O)C(C)=C1CN(C(=O)OC(C)(C)C)C1. The first-order chi connectivity index (χ1) is 7.74. The van der Waals surface area contributed by atoms with Crippen LogP contribution in [-0.2, 0) is 14.3 Å². The van der Waals surface area contributed by atoms with Gasteiger partial charge in [0.25, 0.3) is 0 Å². The molecule has 0 aliphatic carbocycles. The summed E-state index contributed by atoms with van der Waals surface area (Å²) in [6, 6.07) is 0. The molecule has 0 aromatic carbocycles. The number of nitrogens with zero attached hydrogens (tertiary/aromatic N) is 1. The molecule has 0 saturated carbocycles. The van der Waals surface area contributed by atoms with Gasteiger partial charge in [0, 0.05) is 18.7 Å². The molecule has 0 N–H and O–H groups in total. The van der Waals surface area contributed by atoms with Gasteiger partial charge in [0.2, 0.25) is 0 Å². The van der Waals surface area contributed by atoms with Crippen LogP contribution >= 0.6 is 0 Å². The number of carbonyl (C=O) groups excluding carboxylic acids is 2. The van der Waals surface area contributed by atoms with Crippen molar-refractivity contribution >= 4 is 12.1 Å². The number of ether oxygens (including phenoxy) is 2. The molecule has 1 amide bonds. The van der Waals surface area contributed by atoms with Gasteiger partial charge in [-0.1, -0.05) is 0 Å². The van der Waals surface area contributed by atoms with E-state index in [4.69, 9.17) is 4.74 Å². The lowest BCUT2D eigenvalue weighted by Crippen LogP contribution is -2.47. The molecule has 17 heavy (non-hydrogen) atoms. The summed E-state index contributed by atoms with van der Waals surface area (Å²) < 4.78 is 9.82. The van der Waals surface area contributed by atoms with Crippen LogP contribution in [0.4, 0.5) is 4.79 Å². The van der Waals surface area contributed by atoms with Gasteiger partial charge in [-0.3, -0.25) is 0 Å². The highest BCUT2D eigenvalue weighted by Gasteiger charge is 2.31. The lowest BCUT2D eigenvalue weighted by molar-refractivity contribution is -0.136. The van der Waals surface area contributed by atoms with Crippen LogP contribution < -0.4 is 0 Å². The number of rotatable bonds is 1. The minimum atomic E-state index is -0.492. The minimum absolute atomic E-state index is 0.344. The Morgan fingerprint density at radius 3 is 2.18 bits per heavy atom. The predicted octanol–water partition coefficient (Wildman–Crippen LogP) is 1.73. The van der Waals surface area contributed by atoms with Gasteiger partial charge < -0.3 is 14.4 Å². The Hall–Kier alpha value is -1.52. The minimum Gasteiger partial charge on any atom is -0.466 e. The maximum Gasteiger partial charge on any atom is 0.410 e. The molecule has 0 aromatic heterocycles. The molecule has 0 radical (unpaired) electrons. The Morgan fingerprint density at radius 1 is 1.24 bits per heavy atom. The predicted molar refractivity (Wildman–Crippen MR) is 62.5 cm³/mol. The molecule has 1 aliphatic heterocycles. The molecule has 0 atom stereocenters. The van der Waals surface area contributed by atoms with E-state index >= 15 is 0 Å². The number of hydrogen-bond acceptors (Lipinski definition) is 4. The van der Waals surface area contributed by atoms with E-state index in [-0.39, 0.29) is 12.1 Å². The molecule has 0 bridgehead atoms. The van der Waals surface area contributed by atoms with Crippen molar-refractivity contribution in [3.05, 3.63) is 11.1 Å². The molecule has 0 aromatic rings. The quantitative estimate of drug-likeness (QED) is 0.518. The number of amides is 1. The van der Waals surface area contributed by atoms with E-state index in [1.54, 1.807) is 11.8 Å². The fraction of sp³-hybridized carbons (Fsp3) is 0.667. The first-order valence-electron chi connectivity index (χ1n) is 5.49. The van der Waals surface area contributed by atoms with Gasteiger partial charge in [-0.15, -0.1) is 0 Å². The second-order valence-corrected chi connectivity index (χ2v) is 5.06. The van der Waals surface area contributed by atoms with E-state index in [0.29, 0.717) is 18.7 Å². The van der Waals surface area contributed by atoms with E-state index in [1.165, 1.54) is 7.11 Å². The molecule has 1 fully saturated rings. The zero-order valence-electron chi connectivity index (χ0n) is 11.0. The van der Waals surface area contributed by atoms with Crippen LogP contribution in [0.1, 0.15) is 27.7 Å². The molecule has 1 aliphatic rings. The van der Waals surface area contributed by atoms with Gasteiger partial charge in [-0.05, 0) is 33.3 Å². The Balaban J connectivity index is 2.52. The van der Waals surface area contributed by atoms with Crippen LogP contribution in [0.25, 0.3) is 0 Å². The highest BCUT2D eigenvalue weighted by Crippen LogP contribution is 2.21. The molecule has 5 nitrogen and oxygen atoms in total. The summed E-state index contributed by atoms with van der Waals surface area (Å²) in [6.45, 7) is 8.04. The molecule has 1 saturated heterocycles. The topological polar surface area (TPSA) is 55.8 Å². The highest BCUT2D eigenvalue weighted by atomic mass is 16.6. The van der Waals surface area contributed by atoms with Gasteiger partial charge in [-0.25, -0.2) is 9.59 Å². The summed E-state index contributed by atoms with van der Waals surface area (Å²) in [5, 5.41) is 0. The summed E-state index contributed by atoms with van der Waals surface area (Å²) in [6.07, 6.45) is -0.348. The molecule has 1 rings (SSSR count). The second-order valence-electron chi connectivity index (χ2n) is 5.06. The largest absolute Gasteiger partial charge is 0.466 e. The molecule has 1 heterocycles. The van der Waals surface area contributed by atoms with Crippen LogP contribution in [0.2, 0.25) is 0 Å². The summed E-state index contributed by atoms with van der Waals surface area (Å²) in [7, 11) is 1.34. The average molecular weight is 241 g/mol. The first kappa shape index (κ1) is 13.5. The number of likely N-dealkylation sites (tertiary alicyclic amines) is 1. The monoisotopic (exact) mass is 241 g/mol. The van der Waals surface area contributed by atoms with Gasteiger partial charge in [0.15, 0.2) is 0 Å². The molecular formula is C12H19NO4. The smallest absolute Gasteiger partial charge is 0.410 e. The van der Waals surface area contributed by atoms with Crippen molar-refractivity contribution < 1.29 is 19.1 Å². The fourth-order valence-corrected chi connectivity index (χ4v) is 1.40. The van der Waals surface area contributed by atoms with Crippen molar-refractivity contribution in [2.45, 2.75) is 33.3 Å². The van der Waals surface area contributed by atoms with Crippen molar-refractivity contribution in [2.75, 3.05) is 20.2 Å². The summed E-state index contributed by atoms with van der Waals surface area (Å²) >= 11 is 0. The third kappa shape index (κ3) is 3.47. The Bertz CT molecular complexity index is 357. The summed E-state index contributed by atoms with van der Waals surface area (Å²) in [5.74, 6) is -0.344. The Kier molecular flexibility index (Phi) is 3.80. The van der Waals surface area contributed by atoms with Crippen LogP contribution in [0.5, 0.6) is 0 Å². The van der Waals surface area contributed by atoms with E-state index < -0.39 is 5.60 Å². The van der Waals surface area contributed by atoms with E-state index in [1.807, 2.05) is 20.8 Å². The van der Waals surface area contributed by atoms with Gasteiger partial charge in [0.05, 0.1) is 7.11 Å². The maximum absolute atomic E-state index is 11.6. The summed E-state index contributed by atoms with van der Waals surface area (Å²) in [4.78, 5) is 24.4. The highest BCUT2D eigenvalue weighted by molar-refractivity contribution is 5.89. The Labute approximate surface area is 101 Å². The fourth-order valence-electron chi connectivity index (χ4n) is 1.40. The van der Waals surface area contributed by atoms with Crippen LogP contribution in [0.15, 0.2) is 11.1 Å². The third-order valence-corrected chi connectivity index (χ3v) is 2.44. The van der Waals surface area contributed by atoms with E-state index in [2.05, 4.69) is 4.74 Å². The lowest BCUT2D eigenvalue weighted by atomic mass is 10.0. The van der Waals surface area contributed by atoms with Crippen LogP contribution in [0.3, 0.4) is 0 Å². The molecular weight excluding hydrogens is 222 g/mol. The molecule has 96 valence electrons. The van der Waals surface area contributed by atoms with Gasteiger partial charge in [0.1, 0.15) is 5.60 Å². The number of esters is 1. The zero-order chi connectivity index (χ0) is 13.2. The first-order valence-corrected chi connectivity index (χ1v) is 5.49. The van der Waals surface area contributed by atoms with Crippen molar-refractivity contribution in [1.82, 2.24) is 4.90 Å². The van der Waals surface area contributed by atoms with Crippen molar-refractivity contribution in [2.24, 2.45) is 0 Å². The van der Waals surface area contributed by atoms with Crippen molar-refractivity contribution in [1.29, 1.82) is 0 Å². The van der Waals surface area contributed by atoms with Crippen molar-refractivity contribution in [3.8, 4) is 0 Å². The molecule has 5 heteroatoms. The number of carbonyl (C=O) groups is 2. The van der Waals surface area contributed by atoms with Gasteiger partial charge >= 0.3 is 12.1 Å². The maximum atomic E-state index is 11.6. The number of methoxy groups -OCH3 is 1. The average Bonchev–Trinajstić information content (AvgIpc) is 2.10. The van der Waals surface area contributed by atoms with E-state index in [9.17, 15) is 9.59 Å². The second kappa shape index (κ2) is 4.77. The lowest BCUT2D eigenvalue weighted by Gasteiger charge is -2.36. The third-order valence-electron chi connectivity index (χ3n) is 2.44.